The molecule has 98 valence electrons. The minimum Gasteiger partial charge on any atom is -0.367 e. The number of fused-ring (bicyclic) bond motifs is 1. The third kappa shape index (κ3) is 2.33. The van der Waals surface area contributed by atoms with Crippen LogP contribution < -0.4 is 5.32 Å². The maximum absolute atomic E-state index is 4.50. The first-order valence-corrected chi connectivity index (χ1v) is 7.23. The summed E-state index contributed by atoms with van der Waals surface area (Å²) in [7, 11) is 0. The van der Waals surface area contributed by atoms with Crippen LogP contribution in [0.25, 0.3) is 16.2 Å². The molecule has 0 saturated heterocycles. The van der Waals surface area contributed by atoms with E-state index in [1.807, 2.05) is 18.6 Å². The van der Waals surface area contributed by atoms with E-state index in [0.29, 0.717) is 5.92 Å². The molecule has 0 amide bonds. The van der Waals surface area contributed by atoms with Gasteiger partial charge < -0.3 is 5.32 Å². The minimum atomic E-state index is 0.578. The van der Waals surface area contributed by atoms with Crippen LogP contribution in [0.2, 0.25) is 0 Å². The Balaban J connectivity index is 2.03. The Morgan fingerprint density at radius 1 is 1.37 bits per heavy atom. The number of anilines is 1. The number of rotatable bonds is 4. The molecule has 0 atom stereocenters. The van der Waals surface area contributed by atoms with E-state index in [9.17, 15) is 0 Å². The lowest BCUT2D eigenvalue weighted by Gasteiger charge is -2.09. The summed E-state index contributed by atoms with van der Waals surface area (Å²) in [4.78, 5) is 10.1. The lowest BCUT2D eigenvalue weighted by molar-refractivity contribution is 0.687. The van der Waals surface area contributed by atoms with Gasteiger partial charge in [-0.15, -0.1) is 11.3 Å². The first-order valence-electron chi connectivity index (χ1n) is 6.35. The predicted octanol–water partition coefficient (Wildman–Crippen LogP) is 3.53. The molecule has 1 N–H and O–H groups in total. The van der Waals surface area contributed by atoms with Crippen LogP contribution in [0.5, 0.6) is 0 Å². The third-order valence-electron chi connectivity index (χ3n) is 2.88. The highest BCUT2D eigenvalue weighted by Gasteiger charge is 2.10. The lowest BCUT2D eigenvalue weighted by atomic mass is 10.2. The van der Waals surface area contributed by atoms with Crippen molar-refractivity contribution < 1.29 is 0 Å². The van der Waals surface area contributed by atoms with E-state index in [-0.39, 0.29) is 0 Å². The van der Waals surface area contributed by atoms with E-state index < -0.39 is 0 Å². The van der Waals surface area contributed by atoms with E-state index >= 15 is 0 Å². The molecular weight excluding hydrogens is 256 g/mol. The van der Waals surface area contributed by atoms with Gasteiger partial charge in [-0.05, 0) is 17.4 Å². The maximum Gasteiger partial charge on any atom is 0.180 e. The second-order valence-corrected chi connectivity index (χ2v) is 5.81. The van der Waals surface area contributed by atoms with Crippen molar-refractivity contribution in [3.8, 4) is 10.6 Å². The van der Waals surface area contributed by atoms with Crippen LogP contribution in [0.4, 0.5) is 5.82 Å². The van der Waals surface area contributed by atoms with Gasteiger partial charge in [-0.25, -0.2) is 9.97 Å². The van der Waals surface area contributed by atoms with E-state index in [4.69, 9.17) is 0 Å². The first kappa shape index (κ1) is 12.2. The third-order valence-corrected chi connectivity index (χ3v) is 3.77. The molecule has 0 fully saturated rings. The fourth-order valence-corrected chi connectivity index (χ4v) is 2.68. The van der Waals surface area contributed by atoms with Gasteiger partial charge in [0.2, 0.25) is 0 Å². The van der Waals surface area contributed by atoms with Crippen molar-refractivity contribution >= 4 is 22.8 Å². The average molecular weight is 272 g/mol. The first-order chi connectivity index (χ1) is 9.25. The molecule has 19 heavy (non-hydrogen) atoms. The van der Waals surface area contributed by atoms with Crippen LogP contribution >= 0.6 is 11.3 Å². The van der Waals surface area contributed by atoms with Gasteiger partial charge in [0, 0.05) is 18.9 Å². The van der Waals surface area contributed by atoms with Crippen LogP contribution in [0.1, 0.15) is 13.8 Å². The molecule has 0 aliphatic rings. The van der Waals surface area contributed by atoms with E-state index in [2.05, 4.69) is 51.0 Å². The number of nitrogens with one attached hydrogen (secondary N) is 1. The van der Waals surface area contributed by atoms with Crippen LogP contribution in [0.3, 0.4) is 0 Å². The Kier molecular flexibility index (Phi) is 3.21. The van der Waals surface area contributed by atoms with E-state index in [1.165, 1.54) is 4.88 Å². The second kappa shape index (κ2) is 5.01. The molecule has 3 heterocycles. The molecule has 0 bridgehead atoms. The Labute approximate surface area is 116 Å². The zero-order valence-corrected chi connectivity index (χ0v) is 11.8. The molecule has 3 rings (SSSR count). The van der Waals surface area contributed by atoms with Gasteiger partial charge in [-0.3, -0.25) is 4.40 Å². The van der Waals surface area contributed by atoms with Gasteiger partial charge in [0.25, 0.3) is 0 Å². The quantitative estimate of drug-likeness (QED) is 0.790. The highest BCUT2D eigenvalue weighted by atomic mass is 32.1. The molecule has 0 aliphatic heterocycles. The molecule has 0 aromatic carbocycles. The Hall–Kier alpha value is -1.88. The van der Waals surface area contributed by atoms with Crippen LogP contribution in [-0.4, -0.2) is 20.9 Å². The highest BCUT2D eigenvalue weighted by molar-refractivity contribution is 7.13. The number of thiophene rings is 1. The molecule has 0 unspecified atom stereocenters. The summed E-state index contributed by atoms with van der Waals surface area (Å²) in [6.07, 6.45) is 5.68. The summed E-state index contributed by atoms with van der Waals surface area (Å²) >= 11 is 1.72. The fourth-order valence-electron chi connectivity index (χ4n) is 1.95. The van der Waals surface area contributed by atoms with Crippen molar-refractivity contribution in [2.24, 2.45) is 5.92 Å². The van der Waals surface area contributed by atoms with Crippen molar-refractivity contribution in [2.45, 2.75) is 13.8 Å². The molecule has 3 aromatic rings. The maximum atomic E-state index is 4.50. The molecule has 0 aliphatic carbocycles. The number of nitrogens with zero attached hydrogens (tertiary/aromatic N) is 3. The summed E-state index contributed by atoms with van der Waals surface area (Å²) in [5.41, 5.74) is 1.99. The summed E-state index contributed by atoms with van der Waals surface area (Å²) in [6, 6.07) is 4.16. The number of hydrogen-bond donors (Lipinski definition) is 1. The van der Waals surface area contributed by atoms with Crippen molar-refractivity contribution in [1.82, 2.24) is 14.4 Å². The molecule has 0 saturated carbocycles. The summed E-state index contributed by atoms with van der Waals surface area (Å²) in [6.45, 7) is 5.25. The van der Waals surface area contributed by atoms with Crippen molar-refractivity contribution in [2.75, 3.05) is 11.9 Å². The van der Waals surface area contributed by atoms with Gasteiger partial charge in [0.05, 0.1) is 16.8 Å². The normalized spacial score (nSPS) is 11.3. The van der Waals surface area contributed by atoms with Gasteiger partial charge >= 0.3 is 0 Å². The van der Waals surface area contributed by atoms with Gasteiger partial charge in [0.1, 0.15) is 0 Å². The SMILES string of the molecule is CC(C)CNc1nccn2c(-c3cccs3)cnc12. The minimum absolute atomic E-state index is 0.578. The van der Waals surface area contributed by atoms with Crippen LogP contribution in [0, 0.1) is 5.92 Å². The number of aromatic nitrogens is 3. The monoisotopic (exact) mass is 272 g/mol. The predicted molar refractivity (Wildman–Crippen MR) is 79.6 cm³/mol. The lowest BCUT2D eigenvalue weighted by Crippen LogP contribution is -2.10. The van der Waals surface area contributed by atoms with E-state index in [0.717, 1.165) is 23.7 Å². The summed E-state index contributed by atoms with van der Waals surface area (Å²) in [5.74, 6) is 1.42. The highest BCUT2D eigenvalue weighted by Crippen LogP contribution is 2.26. The second-order valence-electron chi connectivity index (χ2n) is 4.86. The number of hydrogen-bond acceptors (Lipinski definition) is 4. The molecule has 4 nitrogen and oxygen atoms in total. The Morgan fingerprint density at radius 3 is 3.00 bits per heavy atom. The molecule has 0 spiro atoms. The zero-order valence-electron chi connectivity index (χ0n) is 11.0. The topological polar surface area (TPSA) is 42.2 Å². The van der Waals surface area contributed by atoms with Gasteiger partial charge in [-0.1, -0.05) is 19.9 Å². The summed E-state index contributed by atoms with van der Waals surface area (Å²) < 4.78 is 2.08. The van der Waals surface area contributed by atoms with Crippen LogP contribution in [0.15, 0.2) is 36.1 Å². The van der Waals surface area contributed by atoms with Crippen molar-refractivity contribution in [1.29, 1.82) is 0 Å². The smallest absolute Gasteiger partial charge is 0.180 e. The largest absolute Gasteiger partial charge is 0.367 e. The van der Waals surface area contributed by atoms with Crippen LogP contribution in [-0.2, 0) is 0 Å². The Morgan fingerprint density at radius 2 is 2.26 bits per heavy atom. The number of imidazole rings is 1. The van der Waals surface area contributed by atoms with E-state index in [1.54, 1.807) is 11.3 Å². The summed E-state index contributed by atoms with van der Waals surface area (Å²) in [5, 5.41) is 5.43. The molecule has 3 aromatic heterocycles. The molecular formula is C14H16N4S. The van der Waals surface area contributed by atoms with Crippen molar-refractivity contribution in [3.63, 3.8) is 0 Å². The molecule has 5 heteroatoms. The molecule has 0 radical (unpaired) electrons. The standard InChI is InChI=1S/C14H16N4S/c1-10(2)8-16-13-14-17-9-11(12-4-3-7-19-12)18(14)6-5-15-13/h3-7,9-10H,8H2,1-2H3,(H,15,16). The fraction of sp³-hybridized carbons (Fsp3) is 0.286. The van der Waals surface area contributed by atoms with Gasteiger partial charge in [0.15, 0.2) is 11.5 Å². The van der Waals surface area contributed by atoms with Crippen molar-refractivity contribution in [3.05, 3.63) is 36.1 Å². The van der Waals surface area contributed by atoms with Gasteiger partial charge in [-0.2, -0.15) is 0 Å². The Bertz CT molecular complexity index is 670. The average Bonchev–Trinajstić information content (AvgIpc) is 3.04. The zero-order chi connectivity index (χ0) is 13.2.